The van der Waals surface area contributed by atoms with Gasteiger partial charge in [0, 0.05) is 6.92 Å². The normalized spacial score (nSPS) is 13.2. The SMILES string of the molecule is C/C=C/C(CCCCC)OC(C)=O. The number of carbonyl (C=O) groups excluding carboxylic acids is 1. The van der Waals surface area contributed by atoms with Crippen LogP contribution in [0, 0.1) is 0 Å². The molecule has 2 heteroatoms. The molecule has 1 atom stereocenters. The monoisotopic (exact) mass is 184 g/mol. The lowest BCUT2D eigenvalue weighted by molar-refractivity contribution is -0.144. The fraction of sp³-hybridized carbons (Fsp3) is 0.727. The maximum absolute atomic E-state index is 10.7. The summed E-state index contributed by atoms with van der Waals surface area (Å²) in [5.41, 5.74) is 0. The van der Waals surface area contributed by atoms with Gasteiger partial charge in [-0.05, 0) is 25.8 Å². The molecule has 2 nitrogen and oxygen atoms in total. The topological polar surface area (TPSA) is 26.3 Å². The number of ether oxygens (including phenoxy) is 1. The van der Waals surface area contributed by atoms with Crippen LogP contribution in [0.25, 0.3) is 0 Å². The van der Waals surface area contributed by atoms with E-state index in [-0.39, 0.29) is 12.1 Å². The van der Waals surface area contributed by atoms with Crippen molar-refractivity contribution < 1.29 is 9.53 Å². The van der Waals surface area contributed by atoms with Crippen molar-refractivity contribution in [3.8, 4) is 0 Å². The molecule has 0 heterocycles. The van der Waals surface area contributed by atoms with Crippen LogP contribution in [0.15, 0.2) is 12.2 Å². The Kier molecular flexibility index (Phi) is 7.36. The van der Waals surface area contributed by atoms with E-state index < -0.39 is 0 Å². The van der Waals surface area contributed by atoms with Gasteiger partial charge in [0.15, 0.2) is 0 Å². The summed E-state index contributed by atoms with van der Waals surface area (Å²) in [5, 5.41) is 0. The van der Waals surface area contributed by atoms with Gasteiger partial charge < -0.3 is 4.74 Å². The van der Waals surface area contributed by atoms with E-state index in [1.54, 1.807) is 0 Å². The van der Waals surface area contributed by atoms with Gasteiger partial charge in [-0.3, -0.25) is 4.79 Å². The van der Waals surface area contributed by atoms with Crippen molar-refractivity contribution in [1.29, 1.82) is 0 Å². The minimum Gasteiger partial charge on any atom is -0.458 e. The first-order valence-electron chi connectivity index (χ1n) is 5.00. The smallest absolute Gasteiger partial charge is 0.303 e. The second-order valence-corrected chi connectivity index (χ2v) is 3.17. The molecule has 1 unspecified atom stereocenters. The molecule has 76 valence electrons. The molecule has 0 spiro atoms. The molecule has 0 aliphatic carbocycles. The van der Waals surface area contributed by atoms with E-state index >= 15 is 0 Å². The highest BCUT2D eigenvalue weighted by molar-refractivity contribution is 5.66. The fourth-order valence-electron chi connectivity index (χ4n) is 1.22. The maximum Gasteiger partial charge on any atom is 0.303 e. The van der Waals surface area contributed by atoms with E-state index in [2.05, 4.69) is 6.92 Å². The Bertz CT molecular complexity index is 161. The molecular weight excluding hydrogens is 164 g/mol. The molecule has 0 saturated heterocycles. The number of rotatable bonds is 6. The lowest BCUT2D eigenvalue weighted by atomic mass is 10.1. The van der Waals surface area contributed by atoms with E-state index in [1.165, 1.54) is 19.8 Å². The summed E-state index contributed by atoms with van der Waals surface area (Å²) in [7, 11) is 0. The van der Waals surface area contributed by atoms with Crippen LogP contribution in [0.5, 0.6) is 0 Å². The van der Waals surface area contributed by atoms with Crippen molar-refractivity contribution in [1.82, 2.24) is 0 Å². The van der Waals surface area contributed by atoms with Crippen LogP contribution in [-0.4, -0.2) is 12.1 Å². The van der Waals surface area contributed by atoms with E-state index in [4.69, 9.17) is 4.74 Å². The second kappa shape index (κ2) is 7.84. The zero-order valence-electron chi connectivity index (χ0n) is 8.88. The highest BCUT2D eigenvalue weighted by atomic mass is 16.5. The third kappa shape index (κ3) is 7.57. The third-order valence-corrected chi connectivity index (χ3v) is 1.82. The molecule has 0 radical (unpaired) electrons. The Labute approximate surface area is 81.0 Å². The van der Waals surface area contributed by atoms with Crippen LogP contribution < -0.4 is 0 Å². The van der Waals surface area contributed by atoms with Crippen molar-refractivity contribution in [2.45, 2.75) is 52.6 Å². The van der Waals surface area contributed by atoms with E-state index in [1.807, 2.05) is 19.1 Å². The van der Waals surface area contributed by atoms with Gasteiger partial charge in [-0.15, -0.1) is 0 Å². The minimum atomic E-state index is -0.195. The highest BCUT2D eigenvalue weighted by Crippen LogP contribution is 2.08. The van der Waals surface area contributed by atoms with E-state index in [0.717, 1.165) is 12.8 Å². The van der Waals surface area contributed by atoms with Crippen LogP contribution in [0.1, 0.15) is 46.5 Å². The van der Waals surface area contributed by atoms with Gasteiger partial charge in [0.05, 0.1) is 0 Å². The molecule has 0 fully saturated rings. The van der Waals surface area contributed by atoms with Gasteiger partial charge in [0.1, 0.15) is 6.10 Å². The second-order valence-electron chi connectivity index (χ2n) is 3.17. The van der Waals surface area contributed by atoms with Gasteiger partial charge >= 0.3 is 5.97 Å². The Morgan fingerprint density at radius 2 is 2.15 bits per heavy atom. The van der Waals surface area contributed by atoms with E-state index in [0.29, 0.717) is 0 Å². The lowest BCUT2D eigenvalue weighted by Crippen LogP contribution is -2.13. The molecule has 0 aliphatic rings. The molecular formula is C11H20O2. The molecule has 0 aromatic rings. The summed E-state index contributed by atoms with van der Waals surface area (Å²) in [5.74, 6) is -0.195. The Morgan fingerprint density at radius 1 is 1.46 bits per heavy atom. The Morgan fingerprint density at radius 3 is 2.62 bits per heavy atom. The Hall–Kier alpha value is -0.790. The van der Waals surface area contributed by atoms with Crippen molar-refractivity contribution in [2.75, 3.05) is 0 Å². The summed E-state index contributed by atoms with van der Waals surface area (Å²) in [6, 6.07) is 0. The number of hydrogen-bond donors (Lipinski definition) is 0. The average Bonchev–Trinajstić information content (AvgIpc) is 2.04. The first kappa shape index (κ1) is 12.2. The maximum atomic E-state index is 10.7. The summed E-state index contributed by atoms with van der Waals surface area (Å²) in [4.78, 5) is 10.7. The van der Waals surface area contributed by atoms with Gasteiger partial charge in [0.2, 0.25) is 0 Å². The number of esters is 1. The standard InChI is InChI=1S/C11H20O2/c1-4-6-7-9-11(8-5-2)13-10(3)12/h5,8,11H,4,6-7,9H2,1-3H3/b8-5+. The molecule has 0 saturated carbocycles. The average molecular weight is 184 g/mol. The number of unbranched alkanes of at least 4 members (excludes halogenated alkanes) is 2. The summed E-state index contributed by atoms with van der Waals surface area (Å²) in [6.07, 6.45) is 8.32. The van der Waals surface area contributed by atoms with E-state index in [9.17, 15) is 4.79 Å². The minimum absolute atomic E-state index is 0.0194. The zero-order valence-corrected chi connectivity index (χ0v) is 8.88. The molecule has 13 heavy (non-hydrogen) atoms. The van der Waals surface area contributed by atoms with Gasteiger partial charge in [0.25, 0.3) is 0 Å². The predicted octanol–water partition coefficient (Wildman–Crippen LogP) is 3.07. The summed E-state index contributed by atoms with van der Waals surface area (Å²) >= 11 is 0. The first-order chi connectivity index (χ1) is 6.20. The summed E-state index contributed by atoms with van der Waals surface area (Å²) < 4.78 is 5.11. The van der Waals surface area contributed by atoms with Gasteiger partial charge in [-0.25, -0.2) is 0 Å². The fourth-order valence-corrected chi connectivity index (χ4v) is 1.22. The van der Waals surface area contributed by atoms with Gasteiger partial charge in [-0.2, -0.15) is 0 Å². The zero-order chi connectivity index (χ0) is 10.1. The van der Waals surface area contributed by atoms with Crippen molar-refractivity contribution in [2.24, 2.45) is 0 Å². The van der Waals surface area contributed by atoms with Crippen molar-refractivity contribution >= 4 is 5.97 Å². The number of carbonyl (C=O) groups is 1. The molecule has 0 amide bonds. The quantitative estimate of drug-likeness (QED) is 0.360. The van der Waals surface area contributed by atoms with Crippen LogP contribution in [-0.2, 0) is 9.53 Å². The number of allylic oxidation sites excluding steroid dienone is 1. The number of hydrogen-bond acceptors (Lipinski definition) is 2. The van der Waals surface area contributed by atoms with Crippen molar-refractivity contribution in [3.63, 3.8) is 0 Å². The molecule has 0 aliphatic heterocycles. The van der Waals surface area contributed by atoms with Crippen LogP contribution in [0.4, 0.5) is 0 Å². The largest absolute Gasteiger partial charge is 0.458 e. The lowest BCUT2D eigenvalue weighted by Gasteiger charge is -2.12. The molecule has 0 aromatic heterocycles. The highest BCUT2D eigenvalue weighted by Gasteiger charge is 2.06. The molecule has 0 rings (SSSR count). The third-order valence-electron chi connectivity index (χ3n) is 1.82. The van der Waals surface area contributed by atoms with Crippen LogP contribution in [0.2, 0.25) is 0 Å². The summed E-state index contributed by atoms with van der Waals surface area (Å²) in [6.45, 7) is 5.56. The van der Waals surface area contributed by atoms with Gasteiger partial charge in [-0.1, -0.05) is 25.8 Å². The van der Waals surface area contributed by atoms with Crippen LogP contribution in [0.3, 0.4) is 0 Å². The molecule has 0 N–H and O–H groups in total. The Balaban J connectivity index is 3.73. The van der Waals surface area contributed by atoms with Crippen molar-refractivity contribution in [3.05, 3.63) is 12.2 Å². The molecule has 0 bridgehead atoms. The molecule has 0 aromatic carbocycles. The predicted molar refractivity (Wildman–Crippen MR) is 54.5 cm³/mol. The first-order valence-corrected chi connectivity index (χ1v) is 5.00. The van der Waals surface area contributed by atoms with Crippen LogP contribution >= 0.6 is 0 Å².